The molecule has 0 spiro atoms. The largest absolute Gasteiger partial charge is 0.383 e. The Morgan fingerprint density at radius 1 is 1.53 bits per heavy atom. The molecule has 3 heteroatoms. The Balaban J connectivity index is 1.91. The molecule has 0 atom stereocenters. The smallest absolute Gasteiger partial charge is 0.0590 e. The number of hydrogen-bond donors (Lipinski definition) is 1. The van der Waals surface area contributed by atoms with Gasteiger partial charge in [0.25, 0.3) is 0 Å². The molecule has 1 aromatic rings. The lowest BCUT2D eigenvalue weighted by molar-refractivity contribution is 0.485. The van der Waals surface area contributed by atoms with Gasteiger partial charge in [0.2, 0.25) is 0 Å². The highest BCUT2D eigenvalue weighted by Crippen LogP contribution is 2.49. The molecule has 1 fully saturated rings. The third kappa shape index (κ3) is 2.71. The summed E-state index contributed by atoms with van der Waals surface area (Å²) in [7, 11) is 0. The van der Waals surface area contributed by atoms with Crippen molar-refractivity contribution in [2.24, 2.45) is 5.41 Å². The van der Waals surface area contributed by atoms with Crippen molar-refractivity contribution in [3.05, 3.63) is 22.9 Å². The van der Waals surface area contributed by atoms with E-state index in [0.29, 0.717) is 5.41 Å². The molecule has 2 rings (SSSR count). The minimum absolute atomic E-state index is 0.595. The highest BCUT2D eigenvalue weighted by molar-refractivity contribution is 9.10. The van der Waals surface area contributed by atoms with Crippen LogP contribution in [0.25, 0.3) is 0 Å². The average molecular weight is 269 g/mol. The maximum atomic E-state index is 4.05. The lowest BCUT2D eigenvalue weighted by Crippen LogP contribution is -2.15. The van der Waals surface area contributed by atoms with Crippen LogP contribution in [0.4, 0.5) is 5.69 Å². The third-order valence-electron chi connectivity index (χ3n) is 3.16. The fourth-order valence-corrected chi connectivity index (χ4v) is 2.41. The van der Waals surface area contributed by atoms with Crippen molar-refractivity contribution in [2.45, 2.75) is 32.6 Å². The summed E-state index contributed by atoms with van der Waals surface area (Å²) in [6.07, 6.45) is 9.07. The number of rotatable bonds is 5. The molecule has 0 unspecified atom stereocenters. The molecule has 1 aliphatic carbocycles. The Labute approximate surface area is 99.6 Å². The molecule has 15 heavy (non-hydrogen) atoms. The van der Waals surface area contributed by atoms with Crippen LogP contribution in [0.1, 0.15) is 32.6 Å². The quantitative estimate of drug-likeness (QED) is 0.878. The van der Waals surface area contributed by atoms with E-state index in [9.17, 15) is 0 Å². The Kier molecular flexibility index (Phi) is 3.29. The summed E-state index contributed by atoms with van der Waals surface area (Å²) in [5, 5.41) is 3.51. The first-order valence-electron chi connectivity index (χ1n) is 5.59. The van der Waals surface area contributed by atoms with Crippen LogP contribution in [0.15, 0.2) is 22.9 Å². The summed E-state index contributed by atoms with van der Waals surface area (Å²) in [5.41, 5.74) is 1.75. The predicted octanol–water partition coefficient (Wildman–Crippen LogP) is 3.84. The van der Waals surface area contributed by atoms with Crippen molar-refractivity contribution in [1.82, 2.24) is 4.98 Å². The number of pyridine rings is 1. The fourth-order valence-electron chi connectivity index (χ4n) is 2.02. The zero-order valence-electron chi connectivity index (χ0n) is 9.09. The number of anilines is 1. The zero-order valence-corrected chi connectivity index (χ0v) is 10.7. The van der Waals surface area contributed by atoms with Gasteiger partial charge in [-0.3, -0.25) is 4.98 Å². The molecule has 0 bridgehead atoms. The normalized spacial score (nSPS) is 17.5. The average Bonchev–Trinajstić information content (AvgIpc) is 2.98. The number of halogens is 1. The molecule has 82 valence electrons. The number of nitrogens with one attached hydrogen (secondary N) is 1. The first-order chi connectivity index (χ1) is 7.26. The summed E-state index contributed by atoms with van der Waals surface area (Å²) in [6.45, 7) is 3.37. The predicted molar refractivity (Wildman–Crippen MR) is 67.0 cm³/mol. The molecule has 0 aromatic carbocycles. The van der Waals surface area contributed by atoms with Crippen LogP contribution in [0.5, 0.6) is 0 Å². The van der Waals surface area contributed by atoms with Crippen molar-refractivity contribution < 1.29 is 0 Å². The SMILES string of the molecule is CCCC1(CNc2ccncc2Br)CC1. The molecule has 2 nitrogen and oxygen atoms in total. The van der Waals surface area contributed by atoms with Gasteiger partial charge in [0.15, 0.2) is 0 Å². The van der Waals surface area contributed by atoms with Crippen molar-refractivity contribution >= 4 is 21.6 Å². The summed E-state index contributed by atoms with van der Waals surface area (Å²) in [4.78, 5) is 4.05. The molecule has 0 saturated heterocycles. The van der Waals surface area contributed by atoms with E-state index < -0.39 is 0 Å². The molecule has 0 radical (unpaired) electrons. The second-order valence-electron chi connectivity index (χ2n) is 4.46. The van der Waals surface area contributed by atoms with Gasteiger partial charge in [-0.05, 0) is 46.7 Å². The van der Waals surface area contributed by atoms with Gasteiger partial charge in [-0.2, -0.15) is 0 Å². The molecule has 1 heterocycles. The van der Waals surface area contributed by atoms with Crippen LogP contribution in [0, 0.1) is 5.41 Å². The van der Waals surface area contributed by atoms with Gasteiger partial charge in [-0.1, -0.05) is 13.3 Å². The summed E-state index contributed by atoms with van der Waals surface area (Å²) in [6, 6.07) is 2.02. The van der Waals surface area contributed by atoms with Gasteiger partial charge >= 0.3 is 0 Å². The highest BCUT2D eigenvalue weighted by atomic mass is 79.9. The Hall–Kier alpha value is -0.570. The van der Waals surface area contributed by atoms with Gasteiger partial charge in [-0.15, -0.1) is 0 Å². The number of aromatic nitrogens is 1. The summed E-state index contributed by atoms with van der Waals surface area (Å²) < 4.78 is 1.05. The maximum absolute atomic E-state index is 4.05. The molecule has 1 aromatic heterocycles. The van der Waals surface area contributed by atoms with Crippen LogP contribution in [0.3, 0.4) is 0 Å². The van der Waals surface area contributed by atoms with Gasteiger partial charge in [0.05, 0.1) is 10.2 Å². The summed E-state index contributed by atoms with van der Waals surface area (Å²) >= 11 is 3.50. The van der Waals surface area contributed by atoms with Gasteiger partial charge < -0.3 is 5.32 Å². The molecular formula is C12H17BrN2. The lowest BCUT2D eigenvalue weighted by atomic mass is 10.0. The third-order valence-corrected chi connectivity index (χ3v) is 3.80. The van der Waals surface area contributed by atoms with Gasteiger partial charge in [0, 0.05) is 18.9 Å². The van der Waals surface area contributed by atoms with E-state index in [1.54, 1.807) is 0 Å². The second-order valence-corrected chi connectivity index (χ2v) is 5.31. The van der Waals surface area contributed by atoms with Crippen molar-refractivity contribution in [3.63, 3.8) is 0 Å². The van der Waals surface area contributed by atoms with Crippen LogP contribution in [-0.2, 0) is 0 Å². The topological polar surface area (TPSA) is 24.9 Å². The first-order valence-corrected chi connectivity index (χ1v) is 6.38. The van der Waals surface area contributed by atoms with E-state index in [0.717, 1.165) is 16.7 Å². The van der Waals surface area contributed by atoms with Crippen LogP contribution in [0.2, 0.25) is 0 Å². The molecule has 0 amide bonds. The molecule has 1 N–H and O–H groups in total. The second kappa shape index (κ2) is 4.52. The Morgan fingerprint density at radius 3 is 2.93 bits per heavy atom. The Bertz CT molecular complexity index is 334. The van der Waals surface area contributed by atoms with E-state index in [1.165, 1.54) is 25.7 Å². The Morgan fingerprint density at radius 2 is 2.33 bits per heavy atom. The minimum atomic E-state index is 0.595. The van der Waals surface area contributed by atoms with Crippen LogP contribution < -0.4 is 5.32 Å². The van der Waals surface area contributed by atoms with Crippen molar-refractivity contribution in [3.8, 4) is 0 Å². The lowest BCUT2D eigenvalue weighted by Gasteiger charge is -2.16. The van der Waals surface area contributed by atoms with E-state index >= 15 is 0 Å². The molecule has 0 aliphatic heterocycles. The molecule has 1 saturated carbocycles. The minimum Gasteiger partial charge on any atom is -0.383 e. The van der Waals surface area contributed by atoms with Crippen LogP contribution >= 0.6 is 15.9 Å². The fraction of sp³-hybridized carbons (Fsp3) is 0.583. The van der Waals surface area contributed by atoms with Gasteiger partial charge in [-0.25, -0.2) is 0 Å². The van der Waals surface area contributed by atoms with Crippen molar-refractivity contribution in [2.75, 3.05) is 11.9 Å². The standard InChI is InChI=1S/C12H17BrN2/c1-2-4-12(5-6-12)9-15-11-3-7-14-8-10(11)13/h3,7-8H,2,4-6,9H2,1H3,(H,14,15). The van der Waals surface area contributed by atoms with E-state index in [-0.39, 0.29) is 0 Å². The monoisotopic (exact) mass is 268 g/mol. The molecule has 1 aliphatic rings. The summed E-state index contributed by atoms with van der Waals surface area (Å²) in [5.74, 6) is 0. The number of nitrogens with zero attached hydrogens (tertiary/aromatic N) is 1. The highest BCUT2D eigenvalue weighted by Gasteiger charge is 2.41. The first kappa shape index (κ1) is 10.9. The van der Waals surface area contributed by atoms with Crippen LogP contribution in [-0.4, -0.2) is 11.5 Å². The molecular weight excluding hydrogens is 252 g/mol. The van der Waals surface area contributed by atoms with E-state index in [2.05, 4.69) is 33.2 Å². The zero-order chi connectivity index (χ0) is 10.7. The maximum Gasteiger partial charge on any atom is 0.0590 e. The van der Waals surface area contributed by atoms with Crippen molar-refractivity contribution in [1.29, 1.82) is 0 Å². The van der Waals surface area contributed by atoms with Gasteiger partial charge in [0.1, 0.15) is 0 Å². The van der Waals surface area contributed by atoms with E-state index in [1.807, 2.05) is 18.5 Å². The number of hydrogen-bond acceptors (Lipinski definition) is 2. The van der Waals surface area contributed by atoms with E-state index in [4.69, 9.17) is 0 Å².